The number of ether oxygens (including phenoxy) is 4. The molecule has 1 amide bonds. The van der Waals surface area contributed by atoms with Gasteiger partial charge in [0, 0.05) is 13.0 Å². The summed E-state index contributed by atoms with van der Waals surface area (Å²) in [5.41, 5.74) is 5.09. The Labute approximate surface area is 211 Å². The zero-order valence-corrected chi connectivity index (χ0v) is 20.0. The Balaban J connectivity index is 1.28. The van der Waals surface area contributed by atoms with Gasteiger partial charge in [0.25, 0.3) is 5.91 Å². The summed E-state index contributed by atoms with van der Waals surface area (Å²) < 4.78 is 22.4. The minimum absolute atomic E-state index is 0.118. The van der Waals surface area contributed by atoms with E-state index in [1.807, 2.05) is 0 Å². The van der Waals surface area contributed by atoms with E-state index >= 15 is 0 Å². The molecule has 3 unspecified atom stereocenters. The van der Waals surface area contributed by atoms with Gasteiger partial charge in [0.05, 0.1) is 6.61 Å². The molecule has 16 nitrogen and oxygen atoms in total. The quantitative estimate of drug-likeness (QED) is 0.0951. The second-order valence-corrected chi connectivity index (χ2v) is 8.87. The molecule has 2 fully saturated rings. The zero-order valence-electron chi connectivity index (χ0n) is 20.0. The number of amides is 1. The molecule has 3 heterocycles. The molecule has 1 aromatic rings. The van der Waals surface area contributed by atoms with Crippen LogP contribution in [0.25, 0.3) is 0 Å². The summed E-state index contributed by atoms with van der Waals surface area (Å²) in [5.74, 6) is -1.65. The lowest BCUT2D eigenvalue weighted by atomic mass is 9.99. The van der Waals surface area contributed by atoms with Gasteiger partial charge in [-0.25, -0.2) is 9.67 Å². The monoisotopic (exact) mass is 534 g/mol. The van der Waals surface area contributed by atoms with E-state index in [0.717, 1.165) is 11.0 Å². The van der Waals surface area contributed by atoms with Crippen molar-refractivity contribution < 1.29 is 59.2 Å². The van der Waals surface area contributed by atoms with Gasteiger partial charge in [0.15, 0.2) is 12.5 Å². The van der Waals surface area contributed by atoms with E-state index in [2.05, 4.69) is 10.1 Å². The van der Waals surface area contributed by atoms with Crippen LogP contribution in [-0.2, 0) is 23.7 Å². The van der Waals surface area contributed by atoms with Gasteiger partial charge in [0.1, 0.15) is 55.7 Å². The first-order chi connectivity index (χ1) is 17.6. The Kier molecular flexibility index (Phi) is 10.7. The summed E-state index contributed by atoms with van der Waals surface area (Å²) in [6.45, 7) is -0.633. The molecule has 16 heteroatoms. The molecule has 0 spiro atoms. The molecule has 0 aliphatic carbocycles. The highest BCUT2D eigenvalue weighted by Gasteiger charge is 2.45. The van der Waals surface area contributed by atoms with E-state index in [9.17, 15) is 40.2 Å². The molecule has 0 bridgehead atoms. The number of primary amides is 1. The minimum Gasteiger partial charge on any atom is -0.463 e. The largest absolute Gasteiger partial charge is 0.463 e. The Hall–Kier alpha value is -2.28. The summed E-state index contributed by atoms with van der Waals surface area (Å²) >= 11 is 0. The number of rotatable bonds is 13. The van der Waals surface area contributed by atoms with Crippen LogP contribution in [0.1, 0.15) is 49.0 Å². The fourth-order valence-electron chi connectivity index (χ4n) is 3.97. The van der Waals surface area contributed by atoms with Gasteiger partial charge >= 0.3 is 5.97 Å². The Bertz CT molecular complexity index is 885. The second kappa shape index (κ2) is 13.5. The third kappa shape index (κ3) is 7.40. The van der Waals surface area contributed by atoms with Crippen LogP contribution < -0.4 is 5.73 Å². The third-order valence-electron chi connectivity index (χ3n) is 6.14. The Morgan fingerprint density at radius 3 is 2.32 bits per heavy atom. The molecule has 0 aromatic carbocycles. The van der Waals surface area contributed by atoms with E-state index in [-0.39, 0.29) is 25.5 Å². The van der Waals surface area contributed by atoms with E-state index in [1.165, 1.54) is 0 Å². The van der Waals surface area contributed by atoms with Crippen LogP contribution in [0.15, 0.2) is 6.33 Å². The van der Waals surface area contributed by atoms with Gasteiger partial charge in [0.2, 0.25) is 5.82 Å². The number of hydrogen-bond acceptors (Lipinski definition) is 14. The molecule has 210 valence electrons. The third-order valence-corrected chi connectivity index (χ3v) is 6.14. The molecule has 2 aliphatic rings. The van der Waals surface area contributed by atoms with E-state index in [1.54, 1.807) is 0 Å². The lowest BCUT2D eigenvalue weighted by Gasteiger charge is -2.39. The van der Waals surface area contributed by atoms with E-state index in [4.69, 9.17) is 24.7 Å². The van der Waals surface area contributed by atoms with Crippen molar-refractivity contribution in [2.45, 2.75) is 87.3 Å². The van der Waals surface area contributed by atoms with Gasteiger partial charge < -0.3 is 55.3 Å². The van der Waals surface area contributed by atoms with Crippen molar-refractivity contribution in [2.75, 3.05) is 19.8 Å². The number of esters is 1. The number of aromatic nitrogens is 3. The van der Waals surface area contributed by atoms with Crippen molar-refractivity contribution in [1.82, 2.24) is 14.8 Å². The first-order valence-electron chi connectivity index (χ1n) is 11.9. The molecule has 2 saturated heterocycles. The lowest BCUT2D eigenvalue weighted by molar-refractivity contribution is -0.301. The molecule has 8 N–H and O–H groups in total. The van der Waals surface area contributed by atoms with Crippen LogP contribution in [0.3, 0.4) is 0 Å². The van der Waals surface area contributed by atoms with Crippen molar-refractivity contribution in [1.29, 1.82) is 0 Å². The maximum Gasteiger partial charge on any atom is 0.305 e. The fraction of sp³-hybridized carbons (Fsp3) is 0.810. The van der Waals surface area contributed by atoms with Crippen molar-refractivity contribution in [3.05, 3.63) is 12.2 Å². The maximum atomic E-state index is 12.0. The summed E-state index contributed by atoms with van der Waals surface area (Å²) in [7, 11) is 0. The van der Waals surface area contributed by atoms with Gasteiger partial charge in [-0.05, 0) is 12.8 Å². The van der Waals surface area contributed by atoms with Gasteiger partial charge in [-0.2, -0.15) is 0 Å². The SMILES string of the molecule is NC(=O)c1ncn([C@@H]2O[C@H](COC(=O)CCCCCCO[C@@H]3OC(CO)[C@H](O)C(O)C3O)[C@@H](O)[C@H]2O)n1. The number of carbonyl (C=O) groups is 2. The second-order valence-electron chi connectivity index (χ2n) is 8.87. The molecule has 3 rings (SSSR count). The normalized spacial score (nSPS) is 33.9. The van der Waals surface area contributed by atoms with Gasteiger partial charge in [-0.15, -0.1) is 5.10 Å². The number of unbranched alkanes of at least 4 members (excludes halogenated alkanes) is 3. The van der Waals surface area contributed by atoms with Crippen molar-refractivity contribution in [3.8, 4) is 0 Å². The number of carbonyl (C=O) groups excluding carboxylic acids is 2. The standard InChI is InChI=1S/C21H34N4O12/c22-18(33)19-23-9-25(24-19)20-16(31)14(29)11(36-20)8-35-12(27)5-3-1-2-4-6-34-21-17(32)15(30)13(28)10(7-26)37-21/h9-11,13-17,20-21,26,28-32H,1-8H2,(H2,22,33)/t10?,11-,13+,14-,15?,16-,17?,20-,21-/m1/s1. The number of hydrogen-bond donors (Lipinski definition) is 7. The van der Waals surface area contributed by atoms with E-state index < -0.39 is 73.7 Å². The highest BCUT2D eigenvalue weighted by Crippen LogP contribution is 2.29. The van der Waals surface area contributed by atoms with E-state index in [0.29, 0.717) is 25.7 Å². The molecule has 0 radical (unpaired) electrons. The topological polar surface area (TPSA) is 249 Å². The number of aliphatic hydroxyl groups is 6. The van der Waals surface area contributed by atoms with Crippen molar-refractivity contribution in [2.24, 2.45) is 5.73 Å². The van der Waals surface area contributed by atoms with Gasteiger partial charge in [-0.3, -0.25) is 9.59 Å². The first kappa shape index (κ1) is 29.3. The van der Waals surface area contributed by atoms with Crippen LogP contribution in [0.5, 0.6) is 0 Å². The molecule has 1 aromatic heterocycles. The Morgan fingerprint density at radius 1 is 0.946 bits per heavy atom. The lowest BCUT2D eigenvalue weighted by Crippen LogP contribution is -2.59. The van der Waals surface area contributed by atoms with Gasteiger partial charge in [-0.1, -0.05) is 12.8 Å². The van der Waals surface area contributed by atoms with Crippen LogP contribution in [-0.4, -0.2) is 126 Å². The minimum atomic E-state index is -1.50. The zero-order chi connectivity index (χ0) is 27.1. The van der Waals surface area contributed by atoms with Crippen LogP contribution >= 0.6 is 0 Å². The highest BCUT2D eigenvalue weighted by molar-refractivity contribution is 5.88. The number of nitrogens with two attached hydrogens (primary N) is 1. The molecule has 37 heavy (non-hydrogen) atoms. The maximum absolute atomic E-state index is 12.0. The van der Waals surface area contributed by atoms with Crippen molar-refractivity contribution >= 4 is 11.9 Å². The molecule has 0 saturated carbocycles. The summed E-state index contributed by atoms with van der Waals surface area (Å²) in [6.07, 6.45) is -7.79. The number of aliphatic hydroxyl groups excluding tert-OH is 6. The molecular formula is C21H34N4O12. The summed E-state index contributed by atoms with van der Waals surface area (Å²) in [5, 5.41) is 62.8. The smallest absolute Gasteiger partial charge is 0.305 e. The number of nitrogens with zero attached hydrogens (tertiary/aromatic N) is 3. The van der Waals surface area contributed by atoms with Crippen LogP contribution in [0.4, 0.5) is 0 Å². The average molecular weight is 535 g/mol. The fourth-order valence-corrected chi connectivity index (χ4v) is 3.97. The molecular weight excluding hydrogens is 500 g/mol. The molecule has 9 atom stereocenters. The van der Waals surface area contributed by atoms with Crippen LogP contribution in [0, 0.1) is 0 Å². The summed E-state index contributed by atoms with van der Waals surface area (Å²) in [6, 6.07) is 0. The summed E-state index contributed by atoms with van der Waals surface area (Å²) in [4.78, 5) is 26.8. The molecule has 2 aliphatic heterocycles. The first-order valence-corrected chi connectivity index (χ1v) is 11.9. The van der Waals surface area contributed by atoms with Crippen molar-refractivity contribution in [3.63, 3.8) is 0 Å². The average Bonchev–Trinajstić information content (AvgIpc) is 3.47. The predicted octanol–water partition coefficient (Wildman–Crippen LogP) is -3.69. The Morgan fingerprint density at radius 2 is 1.65 bits per heavy atom. The predicted molar refractivity (Wildman–Crippen MR) is 118 cm³/mol. The van der Waals surface area contributed by atoms with Crippen LogP contribution in [0.2, 0.25) is 0 Å². The highest BCUT2D eigenvalue weighted by atomic mass is 16.7.